The number of aliphatic hydroxyl groups is 1. The molecule has 0 spiro atoms. The Bertz CT molecular complexity index is 286. The molecule has 0 bridgehead atoms. The van der Waals surface area contributed by atoms with Crippen molar-refractivity contribution in [3.63, 3.8) is 0 Å². The van der Waals surface area contributed by atoms with Gasteiger partial charge >= 0.3 is 0 Å². The number of hydrogen-bond acceptors (Lipinski definition) is 2. The van der Waals surface area contributed by atoms with Crippen molar-refractivity contribution < 1.29 is 18.3 Å². The first-order chi connectivity index (χ1) is 6.78. The second-order valence-electron chi connectivity index (χ2n) is 2.75. The van der Waals surface area contributed by atoms with Gasteiger partial charge in [0.05, 0.1) is 12.3 Å². The van der Waals surface area contributed by atoms with E-state index in [1.165, 1.54) is 0 Å². The lowest BCUT2D eigenvalue weighted by Gasteiger charge is -2.10. The number of rotatable bonds is 4. The van der Waals surface area contributed by atoms with Crippen LogP contribution in [0.4, 0.5) is 13.2 Å². The molecule has 14 heavy (non-hydrogen) atoms. The van der Waals surface area contributed by atoms with Crippen LogP contribution >= 0.6 is 0 Å². The largest absolute Gasteiger partial charge is 0.392 e. The Hall–Kier alpha value is -1.10. The lowest BCUT2D eigenvalue weighted by molar-refractivity contribution is 0.274. The van der Waals surface area contributed by atoms with Crippen LogP contribution < -0.4 is 0 Å². The summed E-state index contributed by atoms with van der Waals surface area (Å²) in [7, 11) is 0. The highest BCUT2D eigenvalue weighted by Crippen LogP contribution is 2.20. The zero-order valence-corrected chi connectivity index (χ0v) is 7.43. The van der Waals surface area contributed by atoms with Gasteiger partial charge < -0.3 is 5.11 Å². The number of hydrogen-bond donors (Lipinski definition) is 1. The van der Waals surface area contributed by atoms with Gasteiger partial charge in [0, 0.05) is 17.3 Å². The van der Waals surface area contributed by atoms with Crippen molar-refractivity contribution in [3.05, 3.63) is 28.6 Å². The van der Waals surface area contributed by atoms with Gasteiger partial charge in [-0.15, -0.1) is 0 Å². The lowest BCUT2D eigenvalue weighted by Crippen LogP contribution is -2.04. The molecule has 0 atom stereocenters. The first kappa shape index (κ1) is 11.0. The molecule has 0 fully saturated rings. The van der Waals surface area contributed by atoms with Crippen LogP contribution in [0.1, 0.15) is 22.4 Å². The highest BCUT2D eigenvalue weighted by Gasteiger charge is 2.13. The van der Waals surface area contributed by atoms with E-state index < -0.39 is 26.6 Å². The van der Waals surface area contributed by atoms with Crippen LogP contribution in [0.5, 0.6) is 0 Å². The molecule has 1 heterocycles. The second-order valence-corrected chi connectivity index (χ2v) is 2.75. The van der Waals surface area contributed by atoms with E-state index in [-0.39, 0.29) is 22.4 Å². The van der Waals surface area contributed by atoms with Gasteiger partial charge in [-0.25, -0.2) is 13.2 Å². The van der Waals surface area contributed by atoms with E-state index in [2.05, 4.69) is 4.98 Å². The Morgan fingerprint density at radius 2 is 1.79 bits per heavy atom. The standard InChI is InChI=1S/C9H10F3NO/c10-1-6-4-13-9(3-12)7(2-11)8(6)5-14/h4,14H,1-3,5H2. The highest BCUT2D eigenvalue weighted by molar-refractivity contribution is 5.35. The van der Waals surface area contributed by atoms with Gasteiger partial charge in [0.2, 0.25) is 0 Å². The summed E-state index contributed by atoms with van der Waals surface area (Å²) in [6, 6.07) is 0. The Labute approximate surface area is 79.4 Å². The van der Waals surface area contributed by atoms with Gasteiger partial charge in [0.15, 0.2) is 0 Å². The zero-order valence-electron chi connectivity index (χ0n) is 7.43. The van der Waals surface area contributed by atoms with E-state index in [1.54, 1.807) is 0 Å². The van der Waals surface area contributed by atoms with E-state index in [1.807, 2.05) is 0 Å². The van der Waals surface area contributed by atoms with Crippen molar-refractivity contribution in [1.29, 1.82) is 0 Å². The first-order valence-electron chi connectivity index (χ1n) is 4.05. The molecule has 0 aliphatic heterocycles. The summed E-state index contributed by atoms with van der Waals surface area (Å²) in [5.74, 6) is 0. The average Bonchev–Trinajstić information content (AvgIpc) is 2.26. The minimum absolute atomic E-state index is 0.0369. The van der Waals surface area contributed by atoms with Crippen LogP contribution in [0.2, 0.25) is 0 Å². The van der Waals surface area contributed by atoms with Crippen molar-refractivity contribution in [1.82, 2.24) is 4.98 Å². The number of alkyl halides is 3. The molecule has 1 rings (SSSR count). The minimum Gasteiger partial charge on any atom is -0.392 e. The molecular weight excluding hydrogens is 195 g/mol. The SMILES string of the molecule is OCc1c(CF)cnc(CF)c1CF. The lowest BCUT2D eigenvalue weighted by atomic mass is 10.0. The van der Waals surface area contributed by atoms with Crippen molar-refractivity contribution in [2.75, 3.05) is 0 Å². The average molecular weight is 205 g/mol. The van der Waals surface area contributed by atoms with Gasteiger partial charge in [-0.1, -0.05) is 0 Å². The van der Waals surface area contributed by atoms with Gasteiger partial charge in [-0.3, -0.25) is 4.98 Å². The molecule has 0 radical (unpaired) electrons. The molecule has 0 saturated heterocycles. The molecule has 78 valence electrons. The molecule has 0 aliphatic rings. The Morgan fingerprint density at radius 1 is 1.07 bits per heavy atom. The summed E-state index contributed by atoms with van der Waals surface area (Å²) in [4.78, 5) is 3.58. The molecule has 0 saturated carbocycles. The normalized spacial score (nSPS) is 10.6. The fourth-order valence-corrected chi connectivity index (χ4v) is 1.26. The Kier molecular flexibility index (Phi) is 3.88. The van der Waals surface area contributed by atoms with E-state index in [0.29, 0.717) is 0 Å². The molecule has 1 aromatic rings. The minimum atomic E-state index is -0.948. The van der Waals surface area contributed by atoms with Crippen LogP contribution in [0.15, 0.2) is 6.20 Å². The molecule has 0 aliphatic carbocycles. The second kappa shape index (κ2) is 4.95. The molecule has 0 unspecified atom stereocenters. The van der Waals surface area contributed by atoms with Gasteiger partial charge in [0.1, 0.15) is 20.0 Å². The quantitative estimate of drug-likeness (QED) is 0.815. The van der Waals surface area contributed by atoms with E-state index in [9.17, 15) is 13.2 Å². The van der Waals surface area contributed by atoms with Crippen LogP contribution in [-0.2, 0) is 26.6 Å². The third-order valence-electron chi connectivity index (χ3n) is 2.04. The van der Waals surface area contributed by atoms with Crippen LogP contribution in [0.25, 0.3) is 0 Å². The van der Waals surface area contributed by atoms with Crippen LogP contribution in [-0.4, -0.2) is 10.1 Å². The molecular formula is C9H10F3NO. The van der Waals surface area contributed by atoms with Crippen molar-refractivity contribution in [3.8, 4) is 0 Å². The fraction of sp³-hybridized carbons (Fsp3) is 0.444. The molecule has 0 amide bonds. The third kappa shape index (κ3) is 1.87. The van der Waals surface area contributed by atoms with Gasteiger partial charge in [-0.2, -0.15) is 0 Å². The van der Waals surface area contributed by atoms with Crippen molar-refractivity contribution in [2.45, 2.75) is 26.6 Å². The maximum Gasteiger partial charge on any atom is 0.132 e. The number of aliphatic hydroxyl groups excluding tert-OH is 1. The summed E-state index contributed by atoms with van der Waals surface area (Å²) >= 11 is 0. The summed E-state index contributed by atoms with van der Waals surface area (Å²) in [5, 5.41) is 8.90. The predicted molar refractivity (Wildman–Crippen MR) is 44.6 cm³/mol. The Balaban J connectivity index is 3.28. The van der Waals surface area contributed by atoms with Gasteiger partial charge in [0.25, 0.3) is 0 Å². The maximum absolute atomic E-state index is 12.5. The molecule has 5 heteroatoms. The number of nitrogens with zero attached hydrogens (tertiary/aromatic N) is 1. The van der Waals surface area contributed by atoms with Crippen LogP contribution in [0, 0.1) is 0 Å². The number of halogens is 3. The predicted octanol–water partition coefficient (Wildman–Crippen LogP) is 1.98. The topological polar surface area (TPSA) is 33.1 Å². The van der Waals surface area contributed by atoms with Crippen molar-refractivity contribution in [2.24, 2.45) is 0 Å². The molecule has 1 N–H and O–H groups in total. The molecule has 0 aromatic carbocycles. The maximum atomic E-state index is 12.5. The summed E-state index contributed by atoms with van der Waals surface area (Å²) in [5.41, 5.74) is 0.105. The van der Waals surface area contributed by atoms with Crippen molar-refractivity contribution >= 4 is 0 Å². The zero-order chi connectivity index (χ0) is 10.6. The van der Waals surface area contributed by atoms with Gasteiger partial charge in [-0.05, 0) is 5.56 Å². The van der Waals surface area contributed by atoms with E-state index in [0.717, 1.165) is 6.20 Å². The molecule has 1 aromatic heterocycles. The summed E-state index contributed by atoms with van der Waals surface area (Å²) < 4.78 is 37.2. The van der Waals surface area contributed by atoms with Crippen LogP contribution in [0.3, 0.4) is 0 Å². The molecule has 2 nitrogen and oxygen atoms in total. The third-order valence-corrected chi connectivity index (χ3v) is 2.04. The summed E-state index contributed by atoms with van der Waals surface area (Å²) in [6.45, 7) is -3.22. The smallest absolute Gasteiger partial charge is 0.132 e. The first-order valence-corrected chi connectivity index (χ1v) is 4.05. The van der Waals surface area contributed by atoms with E-state index >= 15 is 0 Å². The highest BCUT2D eigenvalue weighted by atomic mass is 19.1. The number of aromatic nitrogens is 1. The summed E-state index contributed by atoms with van der Waals surface area (Å²) in [6.07, 6.45) is 1.12. The number of pyridine rings is 1. The van der Waals surface area contributed by atoms with E-state index in [4.69, 9.17) is 5.11 Å². The fourth-order valence-electron chi connectivity index (χ4n) is 1.26. The Morgan fingerprint density at radius 3 is 2.21 bits per heavy atom. The monoisotopic (exact) mass is 205 g/mol.